The van der Waals surface area contributed by atoms with Crippen LogP contribution in [0.4, 0.5) is 10.5 Å². The molecule has 2 N–H and O–H groups in total. The number of benzene rings is 1. The van der Waals surface area contributed by atoms with E-state index in [2.05, 4.69) is 9.46 Å². The van der Waals surface area contributed by atoms with Gasteiger partial charge in [-0.05, 0) is 24.3 Å². The smallest absolute Gasteiger partial charge is 0.422 e. The van der Waals surface area contributed by atoms with Gasteiger partial charge in [-0.2, -0.15) is 8.42 Å². The van der Waals surface area contributed by atoms with Crippen molar-refractivity contribution in [1.29, 1.82) is 0 Å². The van der Waals surface area contributed by atoms with Crippen molar-refractivity contribution in [2.45, 2.75) is 0 Å². The molecule has 0 fully saturated rings. The van der Waals surface area contributed by atoms with E-state index >= 15 is 0 Å². The predicted octanol–water partition coefficient (Wildman–Crippen LogP) is 1.35. The summed E-state index contributed by atoms with van der Waals surface area (Å²) in [5.41, 5.74) is 0.279. The van der Waals surface area contributed by atoms with Gasteiger partial charge in [-0.3, -0.25) is 4.72 Å². The Hall–Kier alpha value is -1.47. The first-order valence-corrected chi connectivity index (χ1v) is 5.93. The zero-order chi connectivity index (χ0) is 12.2. The number of amides is 1. The Morgan fingerprint density at radius 3 is 2.38 bits per heavy atom. The van der Waals surface area contributed by atoms with Crippen LogP contribution in [0.3, 0.4) is 0 Å². The normalized spacial score (nSPS) is 10.6. The second kappa shape index (κ2) is 5.04. The summed E-state index contributed by atoms with van der Waals surface area (Å²) in [6.45, 7) is 0. The third-order valence-electron chi connectivity index (χ3n) is 1.50. The number of halogens is 1. The zero-order valence-corrected chi connectivity index (χ0v) is 9.80. The highest BCUT2D eigenvalue weighted by molar-refractivity contribution is 7.91. The number of carbonyl (C=O) groups excluding carboxylic acids is 1. The van der Waals surface area contributed by atoms with Gasteiger partial charge in [0.05, 0.1) is 12.8 Å². The van der Waals surface area contributed by atoms with Crippen molar-refractivity contribution in [2.75, 3.05) is 11.8 Å². The van der Waals surface area contributed by atoms with E-state index in [9.17, 15) is 13.2 Å². The van der Waals surface area contributed by atoms with E-state index in [0.717, 1.165) is 7.11 Å². The highest BCUT2D eigenvalue weighted by Gasteiger charge is 2.13. The lowest BCUT2D eigenvalue weighted by molar-refractivity contribution is 0.177. The maximum absolute atomic E-state index is 11.3. The lowest BCUT2D eigenvalue weighted by atomic mass is 10.3. The summed E-state index contributed by atoms with van der Waals surface area (Å²) in [6, 6.07) is 5.94. The van der Waals surface area contributed by atoms with Crippen LogP contribution in [0, 0.1) is 0 Å². The van der Waals surface area contributed by atoms with E-state index in [1.165, 1.54) is 24.3 Å². The van der Waals surface area contributed by atoms with Gasteiger partial charge < -0.3 is 4.74 Å². The van der Waals surface area contributed by atoms with E-state index < -0.39 is 16.3 Å². The summed E-state index contributed by atoms with van der Waals surface area (Å²) in [5.74, 6) is 0. The van der Waals surface area contributed by atoms with Crippen LogP contribution in [-0.2, 0) is 14.9 Å². The van der Waals surface area contributed by atoms with Crippen molar-refractivity contribution < 1.29 is 17.9 Å². The number of nitrogens with one attached hydrogen (secondary N) is 2. The van der Waals surface area contributed by atoms with Gasteiger partial charge in [0.2, 0.25) is 0 Å². The average Bonchev–Trinajstić information content (AvgIpc) is 2.20. The van der Waals surface area contributed by atoms with Crippen LogP contribution >= 0.6 is 11.6 Å². The van der Waals surface area contributed by atoms with Crippen LogP contribution in [0.2, 0.25) is 5.02 Å². The van der Waals surface area contributed by atoms with Gasteiger partial charge in [0.1, 0.15) is 0 Å². The predicted molar refractivity (Wildman–Crippen MR) is 59.5 cm³/mol. The number of anilines is 1. The molecule has 0 saturated carbocycles. The molecule has 1 amide bonds. The Morgan fingerprint density at radius 2 is 1.88 bits per heavy atom. The van der Waals surface area contributed by atoms with Crippen molar-refractivity contribution in [3.8, 4) is 0 Å². The minimum absolute atomic E-state index is 0.279. The molecule has 8 heteroatoms. The first kappa shape index (κ1) is 12.6. The Bertz CT molecular complexity index is 471. The Labute approximate surface area is 97.7 Å². The molecular weight excluding hydrogens is 256 g/mol. The highest BCUT2D eigenvalue weighted by atomic mass is 35.5. The molecule has 0 aliphatic rings. The molecule has 0 aromatic heterocycles. The van der Waals surface area contributed by atoms with Crippen LogP contribution in [0.15, 0.2) is 24.3 Å². The van der Waals surface area contributed by atoms with Crippen LogP contribution < -0.4 is 9.44 Å². The maximum atomic E-state index is 11.3. The SMILES string of the molecule is COC(=O)NS(=O)(=O)Nc1ccc(Cl)cc1. The summed E-state index contributed by atoms with van der Waals surface area (Å²) < 4.78 is 30.5. The molecule has 1 aromatic rings. The number of rotatable bonds is 3. The molecule has 0 heterocycles. The fourth-order valence-corrected chi connectivity index (χ4v) is 1.78. The minimum atomic E-state index is -3.98. The summed E-state index contributed by atoms with van der Waals surface area (Å²) in [6.07, 6.45) is -1.07. The molecule has 6 nitrogen and oxygen atoms in total. The fraction of sp³-hybridized carbons (Fsp3) is 0.125. The maximum Gasteiger partial charge on any atom is 0.422 e. The molecule has 0 bridgehead atoms. The Morgan fingerprint density at radius 1 is 1.31 bits per heavy atom. The fourth-order valence-electron chi connectivity index (χ4n) is 0.850. The highest BCUT2D eigenvalue weighted by Crippen LogP contribution is 2.14. The standard InChI is InChI=1S/C8H9ClN2O4S/c1-15-8(12)11-16(13,14)10-7-4-2-6(9)3-5-7/h2-5,10H,1H3,(H,11,12). The lowest BCUT2D eigenvalue weighted by Crippen LogP contribution is -2.35. The largest absolute Gasteiger partial charge is 0.452 e. The minimum Gasteiger partial charge on any atom is -0.452 e. The van der Waals surface area contributed by atoms with Gasteiger partial charge in [-0.15, -0.1) is 0 Å². The average molecular weight is 265 g/mol. The van der Waals surface area contributed by atoms with Crippen LogP contribution in [0.5, 0.6) is 0 Å². The molecule has 1 aromatic carbocycles. The molecule has 0 aliphatic heterocycles. The quantitative estimate of drug-likeness (QED) is 0.863. The second-order valence-corrected chi connectivity index (χ2v) is 4.56. The number of ether oxygens (including phenoxy) is 1. The van der Waals surface area contributed by atoms with Gasteiger partial charge in [-0.25, -0.2) is 9.52 Å². The molecule has 0 radical (unpaired) electrons. The van der Waals surface area contributed by atoms with Crippen molar-refractivity contribution in [3.63, 3.8) is 0 Å². The molecule has 16 heavy (non-hydrogen) atoms. The molecule has 0 unspecified atom stereocenters. The molecular formula is C8H9ClN2O4S. The van der Waals surface area contributed by atoms with E-state index in [1.54, 1.807) is 4.72 Å². The van der Waals surface area contributed by atoms with Crippen molar-refractivity contribution in [3.05, 3.63) is 29.3 Å². The summed E-state index contributed by atoms with van der Waals surface area (Å²) in [5, 5.41) is 0.476. The molecule has 0 saturated heterocycles. The number of hydrogen-bond acceptors (Lipinski definition) is 4. The van der Waals surface area contributed by atoms with Crippen LogP contribution in [-0.4, -0.2) is 21.6 Å². The van der Waals surface area contributed by atoms with E-state index in [4.69, 9.17) is 11.6 Å². The first-order valence-electron chi connectivity index (χ1n) is 4.07. The van der Waals surface area contributed by atoms with Gasteiger partial charge in [-0.1, -0.05) is 11.6 Å². The van der Waals surface area contributed by atoms with Crippen molar-refractivity contribution >= 4 is 33.6 Å². The summed E-state index contributed by atoms with van der Waals surface area (Å²) in [7, 11) is -2.91. The molecule has 0 spiro atoms. The summed E-state index contributed by atoms with van der Waals surface area (Å²) in [4.78, 5) is 10.7. The number of methoxy groups -OCH3 is 1. The van der Waals surface area contributed by atoms with Gasteiger partial charge >= 0.3 is 16.3 Å². The second-order valence-electron chi connectivity index (χ2n) is 2.71. The van der Waals surface area contributed by atoms with Gasteiger partial charge in [0.25, 0.3) is 0 Å². The van der Waals surface area contributed by atoms with E-state index in [-0.39, 0.29) is 5.69 Å². The van der Waals surface area contributed by atoms with Crippen LogP contribution in [0.1, 0.15) is 0 Å². The monoisotopic (exact) mass is 264 g/mol. The van der Waals surface area contributed by atoms with Crippen LogP contribution in [0.25, 0.3) is 0 Å². The summed E-state index contributed by atoms with van der Waals surface area (Å²) >= 11 is 5.62. The van der Waals surface area contributed by atoms with E-state index in [1.807, 2.05) is 0 Å². The third-order valence-corrected chi connectivity index (χ3v) is 2.69. The number of carbonyl (C=O) groups is 1. The number of hydrogen-bond donors (Lipinski definition) is 2. The molecule has 0 atom stereocenters. The molecule has 88 valence electrons. The Balaban J connectivity index is 2.73. The van der Waals surface area contributed by atoms with E-state index in [0.29, 0.717) is 5.02 Å². The van der Waals surface area contributed by atoms with Gasteiger partial charge in [0.15, 0.2) is 0 Å². The molecule has 1 rings (SSSR count). The van der Waals surface area contributed by atoms with Gasteiger partial charge in [0, 0.05) is 5.02 Å². The van der Waals surface area contributed by atoms with Crippen molar-refractivity contribution in [2.24, 2.45) is 0 Å². The molecule has 0 aliphatic carbocycles. The Kier molecular flexibility index (Phi) is 3.97. The topological polar surface area (TPSA) is 84.5 Å². The zero-order valence-electron chi connectivity index (χ0n) is 8.23. The lowest BCUT2D eigenvalue weighted by Gasteiger charge is -2.08. The third kappa shape index (κ3) is 3.95. The van der Waals surface area contributed by atoms with Crippen molar-refractivity contribution in [1.82, 2.24) is 4.72 Å². The first-order chi connectivity index (χ1) is 7.43.